The van der Waals surface area contributed by atoms with Crippen molar-refractivity contribution in [1.82, 2.24) is 15.2 Å². The molecule has 1 saturated heterocycles. The van der Waals surface area contributed by atoms with Gasteiger partial charge in [0.05, 0.1) is 24.8 Å². The Balaban J connectivity index is 1.91. The molecule has 0 unspecified atom stereocenters. The monoisotopic (exact) mass is 487 g/mol. The normalized spacial score (nSPS) is 17.1. The summed E-state index contributed by atoms with van der Waals surface area (Å²) in [6.45, 7) is 11.1. The third kappa shape index (κ3) is 6.27. The molecule has 0 aliphatic carbocycles. The molecule has 0 saturated carbocycles. The second-order valence-corrected chi connectivity index (χ2v) is 9.79. The average molecular weight is 488 g/mol. The van der Waals surface area contributed by atoms with Crippen molar-refractivity contribution in [3.05, 3.63) is 47.1 Å². The number of hydrogen-bond donors (Lipinski definition) is 1. The maximum Gasteiger partial charge on any atom is 0.258 e. The second-order valence-electron chi connectivity index (χ2n) is 9.35. The highest BCUT2D eigenvalue weighted by Crippen LogP contribution is 2.34. The van der Waals surface area contributed by atoms with Gasteiger partial charge in [0, 0.05) is 23.2 Å². The molecule has 1 aromatic carbocycles. The van der Waals surface area contributed by atoms with E-state index in [0.29, 0.717) is 47.5 Å². The van der Waals surface area contributed by atoms with Crippen LogP contribution < -0.4 is 10.1 Å². The molecule has 2 heterocycles. The minimum atomic E-state index is -0.705. The molecule has 1 atom stereocenters. The number of carbonyl (C=O) groups is 2. The minimum absolute atomic E-state index is 0.000384. The Hall–Kier alpha value is -2.64. The Bertz CT molecular complexity index is 1010. The number of benzene rings is 1. The first kappa shape index (κ1) is 26.0. The summed E-state index contributed by atoms with van der Waals surface area (Å²) in [4.78, 5) is 31.5. The number of nitrogens with zero attached hydrogens (tertiary/aromatic N) is 2. The highest BCUT2D eigenvalue weighted by molar-refractivity contribution is 6.30. The molecule has 34 heavy (non-hydrogen) atoms. The van der Waals surface area contributed by atoms with E-state index in [2.05, 4.69) is 24.1 Å². The maximum absolute atomic E-state index is 13.7. The van der Waals surface area contributed by atoms with Crippen molar-refractivity contribution < 1.29 is 19.1 Å². The van der Waals surface area contributed by atoms with Crippen molar-refractivity contribution >= 4 is 23.4 Å². The maximum atomic E-state index is 13.7. The summed E-state index contributed by atoms with van der Waals surface area (Å²) >= 11 is 6.08. The van der Waals surface area contributed by atoms with Crippen LogP contribution in [0.15, 0.2) is 36.5 Å². The van der Waals surface area contributed by atoms with E-state index in [9.17, 15) is 9.59 Å². The van der Waals surface area contributed by atoms with Crippen LogP contribution in [0.3, 0.4) is 0 Å². The Labute approximate surface area is 206 Å². The third-order valence-corrected chi connectivity index (χ3v) is 6.03. The molecule has 7 nitrogen and oxygen atoms in total. The number of nitrogens with one attached hydrogen (secondary N) is 1. The molecule has 0 radical (unpaired) electrons. The summed E-state index contributed by atoms with van der Waals surface area (Å²) in [5, 5.41) is 3.39. The number of hydrogen-bond acceptors (Lipinski definition) is 5. The Morgan fingerprint density at radius 2 is 2.00 bits per heavy atom. The summed E-state index contributed by atoms with van der Waals surface area (Å²) in [5.41, 5.74) is 1.27. The topological polar surface area (TPSA) is 80.8 Å². The number of halogens is 1. The fourth-order valence-corrected chi connectivity index (χ4v) is 4.26. The zero-order chi connectivity index (χ0) is 24.9. The first-order chi connectivity index (χ1) is 16.1. The molecule has 1 aliphatic heterocycles. The molecule has 8 heteroatoms. The Kier molecular flexibility index (Phi) is 8.55. The van der Waals surface area contributed by atoms with Crippen LogP contribution in [0.2, 0.25) is 5.02 Å². The molecule has 3 rings (SSSR count). The summed E-state index contributed by atoms with van der Waals surface area (Å²) in [7, 11) is 0. The molecule has 2 amide bonds. The van der Waals surface area contributed by atoms with Gasteiger partial charge in [-0.05, 0) is 49.9 Å². The van der Waals surface area contributed by atoms with Gasteiger partial charge in [0.15, 0.2) is 0 Å². The van der Waals surface area contributed by atoms with E-state index in [1.807, 2.05) is 30.9 Å². The van der Waals surface area contributed by atoms with Crippen molar-refractivity contribution in [3.63, 3.8) is 0 Å². The van der Waals surface area contributed by atoms with E-state index in [0.717, 1.165) is 12.0 Å². The Morgan fingerprint density at radius 1 is 1.29 bits per heavy atom. The summed E-state index contributed by atoms with van der Waals surface area (Å²) < 4.78 is 11.8. The van der Waals surface area contributed by atoms with Crippen LogP contribution in [0.4, 0.5) is 0 Å². The van der Waals surface area contributed by atoms with Crippen LogP contribution in [0.25, 0.3) is 11.1 Å². The van der Waals surface area contributed by atoms with E-state index in [1.54, 1.807) is 31.3 Å². The smallest absolute Gasteiger partial charge is 0.258 e. The number of ether oxygens (including phenoxy) is 2. The molecule has 1 N–H and O–H groups in total. The Morgan fingerprint density at radius 3 is 2.65 bits per heavy atom. The van der Waals surface area contributed by atoms with Crippen LogP contribution in [0.5, 0.6) is 5.88 Å². The van der Waals surface area contributed by atoms with Gasteiger partial charge in [-0.15, -0.1) is 0 Å². The largest absolute Gasteiger partial charge is 0.475 e. The predicted molar refractivity (Wildman–Crippen MR) is 133 cm³/mol. The van der Waals surface area contributed by atoms with Crippen molar-refractivity contribution in [2.75, 3.05) is 19.8 Å². The van der Waals surface area contributed by atoms with Crippen molar-refractivity contribution in [1.29, 1.82) is 0 Å². The molecule has 0 spiro atoms. The van der Waals surface area contributed by atoms with E-state index in [1.165, 1.54) is 0 Å². The van der Waals surface area contributed by atoms with Gasteiger partial charge in [0.2, 0.25) is 11.8 Å². The highest BCUT2D eigenvalue weighted by Gasteiger charge is 2.44. The number of amides is 2. The number of rotatable bonds is 9. The molecular formula is C26H34ClN3O4. The molecule has 1 aliphatic rings. The van der Waals surface area contributed by atoms with Gasteiger partial charge < -0.3 is 19.7 Å². The minimum Gasteiger partial charge on any atom is -0.475 e. The van der Waals surface area contributed by atoms with Crippen LogP contribution in [0.1, 0.15) is 57.8 Å². The number of pyridine rings is 1. The van der Waals surface area contributed by atoms with E-state index >= 15 is 0 Å². The van der Waals surface area contributed by atoms with Crippen LogP contribution >= 0.6 is 11.6 Å². The van der Waals surface area contributed by atoms with Crippen LogP contribution in [-0.4, -0.2) is 53.2 Å². The number of aromatic nitrogens is 1. The third-order valence-electron chi connectivity index (χ3n) is 5.77. The lowest BCUT2D eigenvalue weighted by Gasteiger charge is -2.34. The highest BCUT2D eigenvalue weighted by atomic mass is 35.5. The molecule has 1 aromatic heterocycles. The van der Waals surface area contributed by atoms with Crippen LogP contribution in [-0.2, 0) is 9.53 Å². The first-order valence-corrected chi connectivity index (χ1v) is 12.1. The van der Waals surface area contributed by atoms with Crippen molar-refractivity contribution in [2.24, 2.45) is 5.92 Å². The fourth-order valence-electron chi connectivity index (χ4n) is 4.13. The lowest BCUT2D eigenvalue weighted by atomic mass is 10.0. The molecular weight excluding hydrogens is 454 g/mol. The molecule has 184 valence electrons. The summed E-state index contributed by atoms with van der Waals surface area (Å²) in [6.07, 6.45) is 2.82. The van der Waals surface area contributed by atoms with E-state index in [4.69, 9.17) is 21.1 Å². The number of carbonyl (C=O) groups excluding carboxylic acids is 2. The zero-order valence-electron chi connectivity index (χ0n) is 20.6. The van der Waals surface area contributed by atoms with Gasteiger partial charge >= 0.3 is 0 Å². The van der Waals surface area contributed by atoms with E-state index in [-0.39, 0.29) is 24.5 Å². The van der Waals surface area contributed by atoms with Gasteiger partial charge in [-0.1, -0.05) is 44.5 Å². The van der Waals surface area contributed by atoms with E-state index < -0.39 is 5.72 Å². The second kappa shape index (κ2) is 11.2. The van der Waals surface area contributed by atoms with Gasteiger partial charge in [-0.2, -0.15) is 0 Å². The van der Waals surface area contributed by atoms with Crippen LogP contribution in [0, 0.1) is 5.92 Å². The molecule has 1 fully saturated rings. The zero-order valence-corrected chi connectivity index (χ0v) is 21.3. The van der Waals surface area contributed by atoms with Gasteiger partial charge in [0.25, 0.3) is 5.91 Å². The fraction of sp³-hybridized carbons (Fsp3) is 0.500. The van der Waals surface area contributed by atoms with Gasteiger partial charge in [0.1, 0.15) is 12.3 Å². The van der Waals surface area contributed by atoms with Crippen molar-refractivity contribution in [3.8, 4) is 17.0 Å². The molecule has 2 aromatic rings. The average Bonchev–Trinajstić information content (AvgIpc) is 3.09. The predicted octanol–water partition coefficient (Wildman–Crippen LogP) is 4.93. The standard InChI is InChI=1S/C26H34ClN3O4/c1-6-23(31)28-11-12-33-24-22(18-7-9-20(27)10-8-18)14-19(15-29-24)25(32)30-21(13-17(2)3)16-34-26(30,4)5/h7-10,14-15,17,21H,6,11-13,16H2,1-5H3,(H,28,31)/t21-/m1/s1. The van der Waals surface area contributed by atoms with Gasteiger partial charge in [-0.25, -0.2) is 4.98 Å². The first-order valence-electron chi connectivity index (χ1n) is 11.8. The quantitative estimate of drug-likeness (QED) is 0.507. The lowest BCUT2D eigenvalue weighted by Crippen LogP contribution is -2.48. The van der Waals surface area contributed by atoms with Crippen molar-refractivity contribution in [2.45, 2.75) is 59.2 Å². The molecule has 0 bridgehead atoms. The summed E-state index contributed by atoms with van der Waals surface area (Å²) in [6, 6.07) is 9.10. The summed E-state index contributed by atoms with van der Waals surface area (Å²) in [5.74, 6) is 0.657. The van der Waals surface area contributed by atoms with Gasteiger partial charge in [-0.3, -0.25) is 9.59 Å². The SMILES string of the molecule is CCC(=O)NCCOc1ncc(C(=O)N2[C@H](CC(C)C)COC2(C)C)cc1-c1ccc(Cl)cc1. The lowest BCUT2D eigenvalue weighted by molar-refractivity contribution is -0.120.